The molecule has 0 spiro atoms. The van der Waals surface area contributed by atoms with Crippen LogP contribution in [0.2, 0.25) is 0 Å². The van der Waals surface area contributed by atoms with E-state index in [1.807, 2.05) is 13.8 Å². The van der Waals surface area contributed by atoms with Gasteiger partial charge in [0.25, 0.3) is 0 Å². The summed E-state index contributed by atoms with van der Waals surface area (Å²) in [5.41, 5.74) is 6.72. The first kappa shape index (κ1) is 25.6. The van der Waals surface area contributed by atoms with Crippen molar-refractivity contribution in [3.8, 4) is 0 Å². The lowest BCUT2D eigenvalue weighted by atomic mass is 10.0. The molecule has 0 bridgehead atoms. The van der Waals surface area contributed by atoms with Crippen LogP contribution in [0.25, 0.3) is 0 Å². The van der Waals surface area contributed by atoms with E-state index in [0.717, 1.165) is 60.3 Å². The topological polar surface area (TPSA) is 0 Å². The molecule has 1 heterocycles. The summed E-state index contributed by atoms with van der Waals surface area (Å²) in [5.74, 6) is 0.0124. The van der Waals surface area contributed by atoms with E-state index in [4.69, 9.17) is 0 Å². The minimum Gasteiger partial charge on any atom is -0.205 e. The predicted molar refractivity (Wildman–Crippen MR) is 130 cm³/mol. The molecule has 0 unspecified atom stereocenters. The molecule has 0 amide bonds. The third-order valence-corrected chi connectivity index (χ3v) is 6.38. The second-order valence-electron chi connectivity index (χ2n) is 8.59. The smallest absolute Gasteiger partial charge is 0.140 e. The third-order valence-electron chi connectivity index (χ3n) is 5.35. The largest absolute Gasteiger partial charge is 0.205 e. The Morgan fingerprint density at radius 1 is 0.690 bits per heavy atom. The van der Waals surface area contributed by atoms with Crippen LogP contribution in [0.1, 0.15) is 94.9 Å². The van der Waals surface area contributed by atoms with Crippen LogP contribution < -0.4 is 0 Å². The van der Waals surface area contributed by atoms with E-state index in [0.29, 0.717) is 0 Å². The van der Waals surface area contributed by atoms with Crippen LogP contribution in [0.4, 0.5) is 4.39 Å². The number of hydrogen-bond acceptors (Lipinski definition) is 1. The van der Waals surface area contributed by atoms with E-state index in [1.54, 1.807) is 11.3 Å². The first-order valence-corrected chi connectivity index (χ1v) is 11.9. The zero-order chi connectivity index (χ0) is 21.8. The zero-order valence-electron chi connectivity index (χ0n) is 19.8. The van der Waals surface area contributed by atoms with Crippen molar-refractivity contribution in [1.82, 2.24) is 0 Å². The van der Waals surface area contributed by atoms with Crippen molar-refractivity contribution in [3.05, 3.63) is 67.7 Å². The fourth-order valence-electron chi connectivity index (χ4n) is 3.44. The molecule has 0 aromatic carbocycles. The first-order valence-electron chi connectivity index (χ1n) is 11.0. The molecule has 1 rings (SSSR count). The highest BCUT2D eigenvalue weighted by Crippen LogP contribution is 2.27. The normalized spacial score (nSPS) is 13.2. The monoisotopic (exact) mass is 416 g/mol. The molecule has 0 fully saturated rings. The molecule has 0 saturated heterocycles. The van der Waals surface area contributed by atoms with Gasteiger partial charge in [-0.05, 0) is 99.8 Å². The molecular weight excluding hydrogens is 375 g/mol. The summed E-state index contributed by atoms with van der Waals surface area (Å²) >= 11 is 1.57. The van der Waals surface area contributed by atoms with Crippen molar-refractivity contribution in [2.75, 3.05) is 0 Å². The summed E-state index contributed by atoms with van der Waals surface area (Å²) in [7, 11) is 0. The van der Waals surface area contributed by atoms with Crippen LogP contribution in [0.5, 0.6) is 0 Å². The van der Waals surface area contributed by atoms with Gasteiger partial charge in [0.1, 0.15) is 5.82 Å². The fourth-order valence-corrected chi connectivity index (χ4v) is 4.43. The maximum absolute atomic E-state index is 14.1. The molecule has 0 aliphatic carbocycles. The van der Waals surface area contributed by atoms with Gasteiger partial charge in [0, 0.05) is 15.3 Å². The Balaban J connectivity index is 2.30. The van der Waals surface area contributed by atoms with Crippen molar-refractivity contribution in [3.63, 3.8) is 0 Å². The van der Waals surface area contributed by atoms with Crippen molar-refractivity contribution in [2.45, 2.75) is 99.8 Å². The van der Waals surface area contributed by atoms with E-state index in [2.05, 4.69) is 58.9 Å². The highest BCUT2D eigenvalue weighted by atomic mass is 32.1. The number of allylic oxidation sites excluding steroid dienone is 8. The minimum atomic E-state index is 0.0124. The quantitative estimate of drug-likeness (QED) is 0.297. The SMILES string of the molecule is CC(C)=CCC/C(C)=C/CC/C(C)=C/CC/C(C)=C/CCc1c(C)sc(C)c1F. The van der Waals surface area contributed by atoms with Gasteiger partial charge in [-0.25, -0.2) is 4.39 Å². The Kier molecular flexibility index (Phi) is 12.1. The Morgan fingerprint density at radius 2 is 1.14 bits per heavy atom. The lowest BCUT2D eigenvalue weighted by Gasteiger charge is -2.03. The van der Waals surface area contributed by atoms with Crippen molar-refractivity contribution >= 4 is 11.3 Å². The molecule has 1 aromatic rings. The Hall–Kier alpha value is -1.41. The number of halogens is 1. The van der Waals surface area contributed by atoms with E-state index >= 15 is 0 Å². The molecular formula is C27H41FS. The maximum atomic E-state index is 14.1. The van der Waals surface area contributed by atoms with Crippen LogP contribution in [-0.4, -0.2) is 0 Å². The second-order valence-corrected chi connectivity index (χ2v) is 10.0. The average molecular weight is 417 g/mol. The molecule has 2 heteroatoms. The van der Waals surface area contributed by atoms with Crippen LogP contribution in [0.3, 0.4) is 0 Å². The van der Waals surface area contributed by atoms with E-state index < -0.39 is 0 Å². The summed E-state index contributed by atoms with van der Waals surface area (Å²) in [4.78, 5) is 1.95. The molecule has 0 aliphatic heterocycles. The maximum Gasteiger partial charge on any atom is 0.140 e. The summed E-state index contributed by atoms with van der Waals surface area (Å²) in [6, 6.07) is 0. The number of hydrogen-bond donors (Lipinski definition) is 0. The van der Waals surface area contributed by atoms with Gasteiger partial charge in [0.05, 0.1) is 0 Å². The van der Waals surface area contributed by atoms with Gasteiger partial charge < -0.3 is 0 Å². The average Bonchev–Trinajstić information content (AvgIpc) is 2.87. The third kappa shape index (κ3) is 10.8. The molecule has 0 aliphatic rings. The number of thiophene rings is 1. The van der Waals surface area contributed by atoms with Gasteiger partial charge in [-0.15, -0.1) is 11.3 Å². The summed E-state index contributed by atoms with van der Waals surface area (Å²) < 4.78 is 14.1. The fraction of sp³-hybridized carbons (Fsp3) is 0.556. The van der Waals surface area contributed by atoms with Crippen LogP contribution in [0, 0.1) is 19.7 Å². The second kappa shape index (κ2) is 13.7. The molecule has 0 N–H and O–H groups in total. The number of aryl methyl sites for hydroxylation is 2. The van der Waals surface area contributed by atoms with E-state index in [-0.39, 0.29) is 5.82 Å². The lowest BCUT2D eigenvalue weighted by molar-refractivity contribution is 0.607. The van der Waals surface area contributed by atoms with Crippen LogP contribution in [-0.2, 0) is 6.42 Å². The lowest BCUT2D eigenvalue weighted by Crippen LogP contribution is -1.89. The van der Waals surface area contributed by atoms with Crippen molar-refractivity contribution < 1.29 is 4.39 Å². The zero-order valence-corrected chi connectivity index (χ0v) is 20.6. The summed E-state index contributed by atoms with van der Waals surface area (Å²) in [5, 5.41) is 0. The number of rotatable bonds is 12. The van der Waals surface area contributed by atoms with Gasteiger partial charge in [0.2, 0.25) is 0 Å². The van der Waals surface area contributed by atoms with Crippen molar-refractivity contribution in [2.24, 2.45) is 0 Å². The molecule has 29 heavy (non-hydrogen) atoms. The van der Waals surface area contributed by atoms with E-state index in [1.165, 1.54) is 28.7 Å². The van der Waals surface area contributed by atoms with Gasteiger partial charge in [0.15, 0.2) is 0 Å². The predicted octanol–water partition coefficient (Wildman–Crippen LogP) is 9.58. The van der Waals surface area contributed by atoms with Gasteiger partial charge >= 0.3 is 0 Å². The standard InChI is InChI=1S/C27H41FS/c1-20(2)12-8-13-21(3)14-9-15-22(4)16-10-17-23(5)18-11-19-26-24(6)29-25(7)27(26)28/h12,14,16,18H,8-11,13,15,17,19H2,1-7H3/b21-14+,22-16+,23-18+. The van der Waals surface area contributed by atoms with Gasteiger partial charge in [-0.2, -0.15) is 0 Å². The summed E-state index contributed by atoms with van der Waals surface area (Å²) in [6.07, 6.45) is 17.9. The minimum absolute atomic E-state index is 0.0124. The van der Waals surface area contributed by atoms with Crippen LogP contribution in [0.15, 0.2) is 46.6 Å². The van der Waals surface area contributed by atoms with Gasteiger partial charge in [-0.3, -0.25) is 0 Å². The van der Waals surface area contributed by atoms with Crippen LogP contribution >= 0.6 is 11.3 Å². The molecule has 0 atom stereocenters. The molecule has 162 valence electrons. The highest BCUT2D eigenvalue weighted by Gasteiger charge is 2.11. The first-order chi connectivity index (χ1) is 13.7. The Labute approximate surface area is 183 Å². The summed E-state index contributed by atoms with van der Waals surface area (Å²) in [6.45, 7) is 14.9. The van der Waals surface area contributed by atoms with Crippen molar-refractivity contribution in [1.29, 1.82) is 0 Å². The highest BCUT2D eigenvalue weighted by molar-refractivity contribution is 7.12. The Morgan fingerprint density at radius 3 is 1.55 bits per heavy atom. The molecule has 0 nitrogen and oxygen atoms in total. The van der Waals surface area contributed by atoms with Gasteiger partial charge in [-0.1, -0.05) is 46.6 Å². The Bertz CT molecular complexity index is 752. The van der Waals surface area contributed by atoms with E-state index in [9.17, 15) is 4.39 Å². The molecule has 1 aromatic heterocycles. The molecule has 0 radical (unpaired) electrons. The molecule has 0 saturated carbocycles.